The van der Waals surface area contributed by atoms with Crippen molar-refractivity contribution in [3.63, 3.8) is 0 Å². The van der Waals surface area contributed by atoms with Crippen LogP contribution in [0.1, 0.15) is 4.88 Å². The van der Waals surface area contributed by atoms with Crippen molar-refractivity contribution in [3.8, 4) is 11.3 Å². The van der Waals surface area contributed by atoms with Crippen molar-refractivity contribution in [1.82, 2.24) is 5.16 Å². The molecule has 4 heteroatoms. The van der Waals surface area contributed by atoms with Gasteiger partial charge in [0, 0.05) is 21.9 Å². The minimum Gasteiger partial charge on any atom is -0.381 e. The molecule has 0 saturated carbocycles. The molecule has 2 aromatic heterocycles. The number of aromatic nitrogens is 1. The molecule has 0 fully saturated rings. The molecule has 0 radical (unpaired) electrons. The van der Waals surface area contributed by atoms with Gasteiger partial charge in [-0.05, 0) is 13.0 Å². The molecule has 0 aliphatic heterocycles. The first-order chi connectivity index (χ1) is 5.75. The maximum absolute atomic E-state index is 5.42. The Labute approximate surface area is 73.8 Å². The molecule has 2 aromatic rings. The zero-order chi connectivity index (χ0) is 8.55. The van der Waals surface area contributed by atoms with E-state index in [0.29, 0.717) is 5.82 Å². The predicted molar refractivity (Wildman–Crippen MR) is 49.0 cm³/mol. The van der Waals surface area contributed by atoms with Gasteiger partial charge < -0.3 is 10.3 Å². The van der Waals surface area contributed by atoms with Crippen LogP contribution in [-0.2, 0) is 0 Å². The summed E-state index contributed by atoms with van der Waals surface area (Å²) in [6.45, 7) is 2.05. The highest BCUT2D eigenvalue weighted by Gasteiger charge is 2.05. The summed E-state index contributed by atoms with van der Waals surface area (Å²) in [5, 5.41) is 5.63. The highest BCUT2D eigenvalue weighted by Crippen LogP contribution is 2.25. The number of thiophene rings is 1. The first kappa shape index (κ1) is 7.36. The second-order valence-electron chi connectivity index (χ2n) is 2.56. The molecule has 0 saturated heterocycles. The van der Waals surface area contributed by atoms with Gasteiger partial charge in [0.05, 0.1) is 0 Å². The fourth-order valence-corrected chi connectivity index (χ4v) is 1.69. The van der Waals surface area contributed by atoms with Crippen molar-refractivity contribution in [2.45, 2.75) is 6.92 Å². The van der Waals surface area contributed by atoms with E-state index in [0.717, 1.165) is 11.3 Å². The number of rotatable bonds is 1. The Morgan fingerprint density at radius 3 is 2.83 bits per heavy atom. The topological polar surface area (TPSA) is 52.0 Å². The molecule has 2 N–H and O–H groups in total. The minimum atomic E-state index is 0.425. The van der Waals surface area contributed by atoms with Crippen molar-refractivity contribution >= 4 is 17.2 Å². The molecule has 0 spiro atoms. The van der Waals surface area contributed by atoms with Crippen LogP contribution in [0.4, 0.5) is 5.82 Å². The summed E-state index contributed by atoms with van der Waals surface area (Å²) < 4.78 is 5.00. The zero-order valence-corrected chi connectivity index (χ0v) is 7.39. The molecular weight excluding hydrogens is 172 g/mol. The first-order valence-corrected chi connectivity index (χ1v) is 4.41. The molecule has 0 aliphatic carbocycles. The fraction of sp³-hybridized carbons (Fsp3) is 0.125. The smallest absolute Gasteiger partial charge is 0.169 e. The van der Waals surface area contributed by atoms with Crippen LogP contribution in [0.5, 0.6) is 0 Å². The average molecular weight is 180 g/mol. The van der Waals surface area contributed by atoms with Crippen LogP contribution in [0.2, 0.25) is 0 Å². The van der Waals surface area contributed by atoms with Crippen molar-refractivity contribution in [1.29, 1.82) is 0 Å². The Hall–Kier alpha value is -1.29. The predicted octanol–water partition coefficient (Wildman–Crippen LogP) is 2.29. The van der Waals surface area contributed by atoms with E-state index < -0.39 is 0 Å². The van der Waals surface area contributed by atoms with Gasteiger partial charge in [-0.15, -0.1) is 11.3 Å². The molecule has 3 nitrogen and oxygen atoms in total. The van der Waals surface area contributed by atoms with Gasteiger partial charge in [0.15, 0.2) is 11.6 Å². The number of nitrogens with zero attached hydrogens (tertiary/aromatic N) is 1. The zero-order valence-electron chi connectivity index (χ0n) is 6.57. The second kappa shape index (κ2) is 2.64. The van der Waals surface area contributed by atoms with Gasteiger partial charge in [0.25, 0.3) is 0 Å². The summed E-state index contributed by atoms with van der Waals surface area (Å²) in [7, 11) is 0. The van der Waals surface area contributed by atoms with Crippen LogP contribution in [0.15, 0.2) is 22.0 Å². The first-order valence-electron chi connectivity index (χ1n) is 3.53. The number of nitrogens with two attached hydrogens (primary N) is 1. The normalized spacial score (nSPS) is 10.4. The molecule has 0 unspecified atom stereocenters. The van der Waals surface area contributed by atoms with Crippen LogP contribution in [0.25, 0.3) is 11.3 Å². The Bertz CT molecular complexity index is 353. The quantitative estimate of drug-likeness (QED) is 0.732. The van der Waals surface area contributed by atoms with E-state index in [1.54, 1.807) is 17.4 Å². The van der Waals surface area contributed by atoms with Gasteiger partial charge in [0.1, 0.15) is 0 Å². The van der Waals surface area contributed by atoms with Crippen LogP contribution in [0.3, 0.4) is 0 Å². The standard InChI is InChI=1S/C8H8N2OS/c1-5-2-6(4-12-5)7-3-8(9)10-11-7/h2-4H,1H3,(H2,9,10). The van der Waals surface area contributed by atoms with E-state index >= 15 is 0 Å². The average Bonchev–Trinajstić information content (AvgIpc) is 2.58. The lowest BCUT2D eigenvalue weighted by Gasteiger charge is -1.83. The lowest BCUT2D eigenvalue weighted by Crippen LogP contribution is -1.79. The van der Waals surface area contributed by atoms with E-state index in [4.69, 9.17) is 10.3 Å². The Morgan fingerprint density at radius 2 is 2.33 bits per heavy atom. The lowest BCUT2D eigenvalue weighted by atomic mass is 10.2. The minimum absolute atomic E-state index is 0.425. The Morgan fingerprint density at radius 1 is 1.50 bits per heavy atom. The van der Waals surface area contributed by atoms with Gasteiger partial charge in [-0.3, -0.25) is 0 Å². The third kappa shape index (κ3) is 1.21. The third-order valence-electron chi connectivity index (χ3n) is 1.54. The van der Waals surface area contributed by atoms with Gasteiger partial charge in [0.2, 0.25) is 0 Å². The summed E-state index contributed by atoms with van der Waals surface area (Å²) in [4.78, 5) is 1.25. The van der Waals surface area contributed by atoms with Crippen LogP contribution < -0.4 is 5.73 Å². The van der Waals surface area contributed by atoms with Gasteiger partial charge in [-0.1, -0.05) is 5.16 Å². The summed E-state index contributed by atoms with van der Waals surface area (Å²) in [6, 6.07) is 3.77. The Balaban J connectivity index is 2.43. The van der Waals surface area contributed by atoms with Crippen LogP contribution in [0, 0.1) is 6.92 Å². The Kier molecular flexibility index (Phi) is 1.62. The van der Waals surface area contributed by atoms with E-state index in [2.05, 4.69) is 5.16 Å². The fourth-order valence-electron chi connectivity index (χ4n) is 0.998. The summed E-state index contributed by atoms with van der Waals surface area (Å²) in [5.41, 5.74) is 6.46. The van der Waals surface area contributed by atoms with Gasteiger partial charge in [-0.2, -0.15) is 0 Å². The molecule has 2 heterocycles. The van der Waals surface area contributed by atoms with Crippen molar-refractivity contribution in [2.75, 3.05) is 5.73 Å². The highest BCUT2D eigenvalue weighted by atomic mass is 32.1. The number of hydrogen-bond donors (Lipinski definition) is 1. The molecule has 0 atom stereocenters. The molecular formula is C8H8N2OS. The molecule has 0 aromatic carbocycles. The van der Waals surface area contributed by atoms with Gasteiger partial charge >= 0.3 is 0 Å². The SMILES string of the molecule is Cc1cc(-c2cc(N)no2)cs1. The number of hydrogen-bond acceptors (Lipinski definition) is 4. The van der Waals surface area contributed by atoms with E-state index in [-0.39, 0.29) is 0 Å². The van der Waals surface area contributed by atoms with Crippen molar-refractivity contribution < 1.29 is 4.52 Å². The second-order valence-corrected chi connectivity index (χ2v) is 3.68. The molecule has 62 valence electrons. The number of nitrogen functional groups attached to an aromatic ring is 1. The largest absolute Gasteiger partial charge is 0.381 e. The summed E-state index contributed by atoms with van der Waals surface area (Å²) in [5.74, 6) is 1.16. The molecule has 0 aliphatic rings. The molecule has 0 bridgehead atoms. The molecule has 12 heavy (non-hydrogen) atoms. The molecule has 2 rings (SSSR count). The van der Waals surface area contributed by atoms with Crippen LogP contribution in [-0.4, -0.2) is 5.16 Å². The van der Waals surface area contributed by atoms with Crippen molar-refractivity contribution in [3.05, 3.63) is 22.4 Å². The van der Waals surface area contributed by atoms with Crippen LogP contribution >= 0.6 is 11.3 Å². The van der Waals surface area contributed by atoms with E-state index in [1.807, 2.05) is 18.4 Å². The van der Waals surface area contributed by atoms with E-state index in [1.165, 1.54) is 4.88 Å². The highest BCUT2D eigenvalue weighted by molar-refractivity contribution is 7.10. The number of anilines is 1. The summed E-state index contributed by atoms with van der Waals surface area (Å²) in [6.07, 6.45) is 0. The monoisotopic (exact) mass is 180 g/mol. The summed E-state index contributed by atoms with van der Waals surface area (Å²) >= 11 is 1.68. The number of aryl methyl sites for hydroxylation is 1. The third-order valence-corrected chi connectivity index (χ3v) is 2.40. The lowest BCUT2D eigenvalue weighted by molar-refractivity contribution is 0.436. The van der Waals surface area contributed by atoms with Crippen molar-refractivity contribution in [2.24, 2.45) is 0 Å². The maximum atomic E-state index is 5.42. The van der Waals surface area contributed by atoms with Gasteiger partial charge in [-0.25, -0.2) is 0 Å². The van der Waals surface area contributed by atoms with E-state index in [9.17, 15) is 0 Å². The maximum Gasteiger partial charge on any atom is 0.169 e. The molecule has 0 amide bonds.